The Bertz CT molecular complexity index is 1210. The van der Waals surface area contributed by atoms with E-state index in [1.807, 2.05) is 20.8 Å². The third-order valence-corrected chi connectivity index (χ3v) is 5.10. The van der Waals surface area contributed by atoms with Crippen LogP contribution in [0.15, 0.2) is 29.2 Å². The first-order valence-electron chi connectivity index (χ1n) is 9.66. The van der Waals surface area contributed by atoms with Crippen molar-refractivity contribution in [1.29, 1.82) is 0 Å². The van der Waals surface area contributed by atoms with Crippen LogP contribution in [-0.4, -0.2) is 41.9 Å². The summed E-state index contributed by atoms with van der Waals surface area (Å²) in [6, 6.07) is 4.13. The highest BCUT2D eigenvalue weighted by Gasteiger charge is 2.36. The van der Waals surface area contributed by atoms with Gasteiger partial charge in [0.2, 0.25) is 5.91 Å². The predicted molar refractivity (Wildman–Crippen MR) is 107 cm³/mol. The zero-order valence-electron chi connectivity index (χ0n) is 16.8. The summed E-state index contributed by atoms with van der Waals surface area (Å²) >= 11 is 0. The summed E-state index contributed by atoms with van der Waals surface area (Å²) in [7, 11) is 0. The van der Waals surface area contributed by atoms with Crippen LogP contribution in [0.2, 0.25) is 0 Å². The van der Waals surface area contributed by atoms with Gasteiger partial charge in [-0.05, 0) is 32.4 Å². The number of carbonyl (C=O) groups excluding carboxylic acids is 2. The highest BCUT2D eigenvalue weighted by atomic mass is 19.1. The number of hydrogen-bond donors (Lipinski definition) is 1. The lowest BCUT2D eigenvalue weighted by atomic mass is 10.2. The van der Waals surface area contributed by atoms with Gasteiger partial charge in [-0.15, -0.1) is 0 Å². The number of nitrogens with one attached hydrogen (secondary N) is 1. The van der Waals surface area contributed by atoms with Gasteiger partial charge in [0, 0.05) is 12.1 Å². The summed E-state index contributed by atoms with van der Waals surface area (Å²) in [4.78, 5) is 44.1. The number of aryl methyl sites for hydroxylation is 1. The summed E-state index contributed by atoms with van der Waals surface area (Å²) in [5, 5.41) is 6.92. The summed E-state index contributed by atoms with van der Waals surface area (Å²) in [6.07, 6.45) is 1.60. The van der Waals surface area contributed by atoms with E-state index in [4.69, 9.17) is 0 Å². The van der Waals surface area contributed by atoms with Gasteiger partial charge in [-0.25, -0.2) is 9.37 Å². The monoisotopic (exact) mass is 412 g/mol. The standard InChI is InChI=1S/C20H21FN6O3/c1-4-13-7-17-26(10-16(28)23-15-6-5-12(21)8-22-15)18-14(19(29)27(17)24-13)9-25(11(2)3)20(18)30/h5-8,11H,4,9-10H2,1-3H3,(H,22,23,28). The van der Waals surface area contributed by atoms with E-state index in [1.54, 1.807) is 11.0 Å². The molecule has 3 aromatic heterocycles. The molecule has 10 heteroatoms. The molecule has 156 valence electrons. The zero-order chi connectivity index (χ0) is 21.6. The van der Waals surface area contributed by atoms with Gasteiger partial charge in [0.15, 0.2) is 0 Å². The first kappa shape index (κ1) is 19.7. The van der Waals surface area contributed by atoms with E-state index in [1.165, 1.54) is 21.2 Å². The van der Waals surface area contributed by atoms with Crippen LogP contribution < -0.4 is 10.9 Å². The molecule has 0 unspecified atom stereocenters. The Hall–Kier alpha value is -3.56. The Kier molecular flexibility index (Phi) is 4.84. The molecule has 9 nitrogen and oxygen atoms in total. The van der Waals surface area contributed by atoms with Crippen LogP contribution in [0.1, 0.15) is 42.5 Å². The molecule has 0 aromatic carbocycles. The van der Waals surface area contributed by atoms with Crippen molar-refractivity contribution in [2.45, 2.75) is 46.3 Å². The quantitative estimate of drug-likeness (QED) is 0.686. The number of rotatable bonds is 5. The lowest BCUT2D eigenvalue weighted by Gasteiger charge is -2.20. The second-order valence-corrected chi connectivity index (χ2v) is 7.41. The number of pyridine rings is 1. The molecule has 0 spiro atoms. The van der Waals surface area contributed by atoms with E-state index in [-0.39, 0.29) is 42.1 Å². The normalized spacial score (nSPS) is 13.4. The molecule has 0 radical (unpaired) electrons. The molecule has 0 atom stereocenters. The summed E-state index contributed by atoms with van der Waals surface area (Å²) < 4.78 is 15.8. The molecule has 1 N–H and O–H groups in total. The fourth-order valence-corrected chi connectivity index (χ4v) is 3.56. The molecule has 0 saturated carbocycles. The number of carbonyl (C=O) groups is 2. The topological polar surface area (TPSA) is 102 Å². The molecule has 4 rings (SSSR count). The maximum atomic E-state index is 13.1. The average molecular weight is 412 g/mol. The van der Waals surface area contributed by atoms with Crippen molar-refractivity contribution in [3.8, 4) is 0 Å². The van der Waals surface area contributed by atoms with Crippen molar-refractivity contribution >= 4 is 23.3 Å². The number of aromatic nitrogens is 4. The number of hydrogen-bond acceptors (Lipinski definition) is 5. The van der Waals surface area contributed by atoms with E-state index in [0.717, 1.165) is 6.20 Å². The minimum atomic E-state index is -0.515. The fraction of sp³-hybridized carbons (Fsp3) is 0.350. The molecule has 0 aliphatic carbocycles. The van der Waals surface area contributed by atoms with Crippen LogP contribution in [0.3, 0.4) is 0 Å². The minimum Gasteiger partial charge on any atom is -0.330 e. The van der Waals surface area contributed by atoms with Crippen molar-refractivity contribution in [1.82, 2.24) is 24.1 Å². The molecular weight excluding hydrogens is 391 g/mol. The van der Waals surface area contributed by atoms with Gasteiger partial charge >= 0.3 is 0 Å². The second-order valence-electron chi connectivity index (χ2n) is 7.41. The molecule has 4 heterocycles. The Morgan fingerprint density at radius 1 is 1.30 bits per heavy atom. The van der Waals surface area contributed by atoms with Crippen LogP contribution in [-0.2, 0) is 24.3 Å². The van der Waals surface area contributed by atoms with Crippen molar-refractivity contribution in [2.24, 2.45) is 0 Å². The van der Waals surface area contributed by atoms with Crippen LogP contribution in [0.4, 0.5) is 10.2 Å². The van der Waals surface area contributed by atoms with Gasteiger partial charge in [-0.1, -0.05) is 6.92 Å². The first-order valence-corrected chi connectivity index (χ1v) is 9.66. The summed E-state index contributed by atoms with van der Waals surface area (Å²) in [6.45, 7) is 5.58. The molecule has 0 fully saturated rings. The van der Waals surface area contributed by atoms with Crippen molar-refractivity contribution in [3.63, 3.8) is 0 Å². The Morgan fingerprint density at radius 3 is 2.70 bits per heavy atom. The minimum absolute atomic E-state index is 0.103. The van der Waals surface area contributed by atoms with Crippen LogP contribution >= 0.6 is 0 Å². The van der Waals surface area contributed by atoms with Gasteiger partial charge in [0.1, 0.15) is 29.5 Å². The maximum absolute atomic E-state index is 13.1. The highest BCUT2D eigenvalue weighted by molar-refractivity contribution is 5.98. The van der Waals surface area contributed by atoms with Crippen molar-refractivity contribution in [2.75, 3.05) is 5.32 Å². The van der Waals surface area contributed by atoms with Crippen LogP contribution in [0.5, 0.6) is 0 Å². The van der Waals surface area contributed by atoms with Gasteiger partial charge in [-0.2, -0.15) is 9.61 Å². The van der Waals surface area contributed by atoms with Crippen molar-refractivity contribution in [3.05, 3.63) is 57.5 Å². The zero-order valence-corrected chi connectivity index (χ0v) is 16.8. The van der Waals surface area contributed by atoms with E-state index in [0.29, 0.717) is 23.3 Å². The second kappa shape index (κ2) is 7.36. The number of amides is 2. The van der Waals surface area contributed by atoms with Gasteiger partial charge in [0.05, 0.1) is 24.0 Å². The molecule has 1 aliphatic rings. The van der Waals surface area contributed by atoms with E-state index in [9.17, 15) is 18.8 Å². The van der Waals surface area contributed by atoms with E-state index < -0.39 is 11.7 Å². The van der Waals surface area contributed by atoms with Gasteiger partial charge < -0.3 is 14.8 Å². The third-order valence-electron chi connectivity index (χ3n) is 5.10. The lowest BCUT2D eigenvalue weighted by Crippen LogP contribution is -2.32. The van der Waals surface area contributed by atoms with Gasteiger partial charge in [-0.3, -0.25) is 14.4 Å². The number of nitrogens with zero attached hydrogens (tertiary/aromatic N) is 5. The number of halogens is 1. The van der Waals surface area contributed by atoms with Gasteiger partial charge in [0.25, 0.3) is 11.5 Å². The number of fused-ring (bicyclic) bond motifs is 2. The fourth-order valence-electron chi connectivity index (χ4n) is 3.56. The smallest absolute Gasteiger partial charge is 0.280 e. The lowest BCUT2D eigenvalue weighted by molar-refractivity contribution is -0.116. The molecular formula is C20H21FN6O3. The molecule has 30 heavy (non-hydrogen) atoms. The summed E-state index contributed by atoms with van der Waals surface area (Å²) in [5.74, 6) is -1.09. The molecule has 3 aromatic rings. The SMILES string of the molecule is CCc1cc2n(CC(=O)Nc3ccc(F)cn3)c3c(c(=O)n2n1)CN(C(C)C)C3=O. The maximum Gasteiger partial charge on any atom is 0.280 e. The Balaban J connectivity index is 1.80. The first-order chi connectivity index (χ1) is 14.3. The molecule has 2 amide bonds. The number of anilines is 1. The average Bonchev–Trinajstić information content (AvgIpc) is 3.29. The van der Waals surface area contributed by atoms with Crippen LogP contribution in [0, 0.1) is 5.82 Å². The highest BCUT2D eigenvalue weighted by Crippen LogP contribution is 2.24. The Morgan fingerprint density at radius 2 is 2.07 bits per heavy atom. The Labute approximate surface area is 171 Å². The predicted octanol–water partition coefficient (Wildman–Crippen LogP) is 1.60. The van der Waals surface area contributed by atoms with E-state index in [2.05, 4.69) is 15.4 Å². The third kappa shape index (κ3) is 3.23. The largest absolute Gasteiger partial charge is 0.330 e. The summed E-state index contributed by atoms with van der Waals surface area (Å²) in [5.41, 5.74) is 1.22. The molecule has 0 saturated heterocycles. The van der Waals surface area contributed by atoms with E-state index >= 15 is 0 Å². The molecule has 0 bridgehead atoms. The van der Waals surface area contributed by atoms with Crippen molar-refractivity contribution < 1.29 is 14.0 Å². The van der Waals surface area contributed by atoms with Crippen LogP contribution in [0.25, 0.3) is 5.65 Å². The molecule has 1 aliphatic heterocycles.